The SMILES string of the molecule is CCN(CC)S(=O)(=O)c1ccc(NC(=S)NC(=O)C=Cc2cccs2)cc1. The molecule has 144 valence electrons. The molecule has 27 heavy (non-hydrogen) atoms. The summed E-state index contributed by atoms with van der Waals surface area (Å²) in [6.45, 7) is 4.41. The van der Waals surface area contributed by atoms with Crippen LogP contribution in [0.3, 0.4) is 0 Å². The second-order valence-electron chi connectivity index (χ2n) is 5.41. The van der Waals surface area contributed by atoms with Crippen LogP contribution in [-0.4, -0.2) is 36.8 Å². The van der Waals surface area contributed by atoms with Gasteiger partial charge in [0.2, 0.25) is 15.9 Å². The van der Waals surface area contributed by atoms with Crippen LogP contribution < -0.4 is 10.6 Å². The normalized spacial score (nSPS) is 11.7. The van der Waals surface area contributed by atoms with Gasteiger partial charge in [0.05, 0.1) is 4.90 Å². The fourth-order valence-corrected chi connectivity index (χ4v) is 4.58. The molecule has 2 N–H and O–H groups in total. The van der Waals surface area contributed by atoms with E-state index in [1.165, 1.54) is 33.9 Å². The minimum absolute atomic E-state index is 0.134. The van der Waals surface area contributed by atoms with Gasteiger partial charge in [-0.2, -0.15) is 4.31 Å². The molecule has 0 radical (unpaired) electrons. The lowest BCUT2D eigenvalue weighted by Crippen LogP contribution is -2.33. The van der Waals surface area contributed by atoms with Gasteiger partial charge in [-0.1, -0.05) is 19.9 Å². The first-order chi connectivity index (χ1) is 12.9. The number of amides is 1. The summed E-state index contributed by atoms with van der Waals surface area (Å²) in [5.74, 6) is -0.346. The summed E-state index contributed by atoms with van der Waals surface area (Å²) in [6.07, 6.45) is 3.11. The summed E-state index contributed by atoms with van der Waals surface area (Å²) in [7, 11) is -3.50. The summed E-state index contributed by atoms with van der Waals surface area (Å²) in [5, 5.41) is 7.47. The molecule has 0 bridgehead atoms. The number of nitrogens with one attached hydrogen (secondary N) is 2. The minimum atomic E-state index is -3.50. The number of rotatable bonds is 7. The van der Waals surface area contributed by atoms with Gasteiger partial charge in [0.1, 0.15) is 0 Å². The largest absolute Gasteiger partial charge is 0.332 e. The Morgan fingerprint density at radius 2 is 1.85 bits per heavy atom. The fourth-order valence-electron chi connectivity index (χ4n) is 2.28. The van der Waals surface area contributed by atoms with Crippen molar-refractivity contribution in [2.24, 2.45) is 0 Å². The summed E-state index contributed by atoms with van der Waals surface area (Å²) >= 11 is 6.64. The smallest absolute Gasteiger partial charge is 0.250 e. The van der Waals surface area contributed by atoms with E-state index in [1.54, 1.807) is 32.1 Å². The van der Waals surface area contributed by atoms with E-state index in [0.29, 0.717) is 18.8 Å². The number of anilines is 1. The molecule has 0 aliphatic rings. The van der Waals surface area contributed by atoms with Gasteiger partial charge < -0.3 is 5.32 Å². The highest BCUT2D eigenvalue weighted by Gasteiger charge is 2.21. The zero-order valence-electron chi connectivity index (χ0n) is 15.0. The number of benzene rings is 1. The van der Waals surface area contributed by atoms with Crippen LogP contribution >= 0.6 is 23.6 Å². The highest BCUT2D eigenvalue weighted by Crippen LogP contribution is 2.18. The highest BCUT2D eigenvalue weighted by molar-refractivity contribution is 7.89. The Morgan fingerprint density at radius 3 is 2.41 bits per heavy atom. The van der Waals surface area contributed by atoms with Gasteiger partial charge in [0, 0.05) is 29.7 Å². The van der Waals surface area contributed by atoms with Crippen molar-refractivity contribution in [1.29, 1.82) is 0 Å². The number of carbonyl (C=O) groups excluding carboxylic acids is 1. The van der Waals surface area contributed by atoms with E-state index < -0.39 is 10.0 Å². The minimum Gasteiger partial charge on any atom is -0.332 e. The maximum Gasteiger partial charge on any atom is 0.250 e. The Balaban J connectivity index is 1.95. The maximum atomic E-state index is 12.5. The predicted molar refractivity (Wildman–Crippen MR) is 114 cm³/mol. The third-order valence-electron chi connectivity index (χ3n) is 3.63. The molecule has 2 rings (SSSR count). The molecule has 9 heteroatoms. The topological polar surface area (TPSA) is 78.5 Å². The Kier molecular flexibility index (Phi) is 7.66. The van der Waals surface area contributed by atoms with Crippen molar-refractivity contribution in [2.75, 3.05) is 18.4 Å². The Bertz CT molecular complexity index is 901. The fraction of sp³-hybridized carbons (Fsp3) is 0.222. The molecule has 0 spiro atoms. The molecule has 0 fully saturated rings. The standard InChI is InChI=1S/C18H21N3O3S3/c1-3-21(4-2)27(23,24)16-10-7-14(8-11-16)19-18(25)20-17(22)12-9-15-6-5-13-26-15/h5-13H,3-4H2,1-2H3,(H2,19,20,22,25). The first kappa shape index (κ1) is 21.2. The molecule has 1 amide bonds. The second-order valence-corrected chi connectivity index (χ2v) is 8.73. The summed E-state index contributed by atoms with van der Waals surface area (Å²) in [4.78, 5) is 13.0. The molecule has 0 atom stereocenters. The van der Waals surface area contributed by atoms with Crippen LogP contribution in [0.5, 0.6) is 0 Å². The molecular formula is C18H21N3O3S3. The predicted octanol–water partition coefficient (Wildman–Crippen LogP) is 3.31. The lowest BCUT2D eigenvalue weighted by Gasteiger charge is -2.18. The monoisotopic (exact) mass is 423 g/mol. The third-order valence-corrected chi connectivity index (χ3v) is 6.74. The van der Waals surface area contributed by atoms with E-state index in [0.717, 1.165) is 4.88 Å². The van der Waals surface area contributed by atoms with Crippen molar-refractivity contribution >= 4 is 56.4 Å². The Labute approximate surface area is 168 Å². The van der Waals surface area contributed by atoms with E-state index in [-0.39, 0.29) is 15.9 Å². The number of thiocarbonyl (C=S) groups is 1. The van der Waals surface area contributed by atoms with E-state index in [9.17, 15) is 13.2 Å². The quantitative estimate of drug-likeness (QED) is 0.528. The van der Waals surface area contributed by atoms with Crippen LogP contribution in [0.25, 0.3) is 6.08 Å². The number of hydrogen-bond acceptors (Lipinski definition) is 5. The number of nitrogens with zero attached hydrogens (tertiary/aromatic N) is 1. The zero-order chi connectivity index (χ0) is 19.9. The van der Waals surface area contributed by atoms with Crippen LogP contribution in [0.1, 0.15) is 18.7 Å². The van der Waals surface area contributed by atoms with Gasteiger partial charge in [-0.05, 0) is 54.0 Å². The van der Waals surface area contributed by atoms with Gasteiger partial charge in [0.25, 0.3) is 0 Å². The van der Waals surface area contributed by atoms with Crippen molar-refractivity contribution in [2.45, 2.75) is 18.7 Å². The van der Waals surface area contributed by atoms with Crippen molar-refractivity contribution < 1.29 is 13.2 Å². The molecule has 0 aliphatic heterocycles. The summed E-state index contributed by atoms with van der Waals surface area (Å²) < 4.78 is 26.3. The van der Waals surface area contributed by atoms with Crippen LogP contribution in [0.2, 0.25) is 0 Å². The highest BCUT2D eigenvalue weighted by atomic mass is 32.2. The average Bonchev–Trinajstić information content (AvgIpc) is 3.14. The molecule has 0 aliphatic carbocycles. The van der Waals surface area contributed by atoms with Gasteiger partial charge in [0.15, 0.2) is 5.11 Å². The van der Waals surface area contributed by atoms with Crippen LogP contribution in [0.15, 0.2) is 52.7 Å². The van der Waals surface area contributed by atoms with E-state index in [4.69, 9.17) is 12.2 Å². The molecule has 0 unspecified atom stereocenters. The molecule has 2 aromatic rings. The first-order valence-electron chi connectivity index (χ1n) is 8.30. The molecule has 0 saturated heterocycles. The van der Waals surface area contributed by atoms with E-state index in [2.05, 4.69) is 10.6 Å². The Hall–Kier alpha value is -2.07. The van der Waals surface area contributed by atoms with Crippen molar-refractivity contribution in [3.05, 3.63) is 52.7 Å². The molecule has 1 aromatic carbocycles. The zero-order valence-corrected chi connectivity index (χ0v) is 17.5. The van der Waals surface area contributed by atoms with Gasteiger partial charge in [-0.3, -0.25) is 10.1 Å². The number of thiophene rings is 1. The van der Waals surface area contributed by atoms with E-state index >= 15 is 0 Å². The third kappa shape index (κ3) is 5.96. The van der Waals surface area contributed by atoms with Gasteiger partial charge in [-0.25, -0.2) is 8.42 Å². The van der Waals surface area contributed by atoms with Crippen molar-refractivity contribution in [3.63, 3.8) is 0 Å². The molecule has 1 heterocycles. The van der Waals surface area contributed by atoms with Gasteiger partial charge >= 0.3 is 0 Å². The first-order valence-corrected chi connectivity index (χ1v) is 11.0. The molecule has 1 aromatic heterocycles. The number of hydrogen-bond donors (Lipinski definition) is 2. The van der Waals surface area contributed by atoms with Crippen molar-refractivity contribution in [3.8, 4) is 0 Å². The summed E-state index contributed by atoms with van der Waals surface area (Å²) in [6, 6.07) is 10.0. The molecule has 0 saturated carbocycles. The van der Waals surface area contributed by atoms with Crippen LogP contribution in [0, 0.1) is 0 Å². The Morgan fingerprint density at radius 1 is 1.19 bits per heavy atom. The number of sulfonamides is 1. The molecular weight excluding hydrogens is 402 g/mol. The van der Waals surface area contributed by atoms with Crippen LogP contribution in [0.4, 0.5) is 5.69 Å². The maximum absolute atomic E-state index is 12.5. The lowest BCUT2D eigenvalue weighted by molar-refractivity contribution is -0.115. The average molecular weight is 424 g/mol. The molecule has 6 nitrogen and oxygen atoms in total. The second kappa shape index (κ2) is 9.75. The number of carbonyl (C=O) groups is 1. The lowest BCUT2D eigenvalue weighted by atomic mass is 10.3. The van der Waals surface area contributed by atoms with E-state index in [1.807, 2.05) is 17.5 Å². The van der Waals surface area contributed by atoms with Gasteiger partial charge in [-0.15, -0.1) is 11.3 Å². The summed E-state index contributed by atoms with van der Waals surface area (Å²) in [5.41, 5.74) is 0.584. The van der Waals surface area contributed by atoms with Crippen molar-refractivity contribution in [1.82, 2.24) is 9.62 Å². The van der Waals surface area contributed by atoms with Crippen LogP contribution in [-0.2, 0) is 14.8 Å².